The number of hydrogen-bond acceptors (Lipinski definition) is 3. The van der Waals surface area contributed by atoms with Gasteiger partial charge in [-0.25, -0.2) is 0 Å². The van der Waals surface area contributed by atoms with Crippen LogP contribution in [0.3, 0.4) is 0 Å². The average molecular weight is 342 g/mol. The van der Waals surface area contributed by atoms with Crippen molar-refractivity contribution in [2.75, 3.05) is 11.9 Å². The van der Waals surface area contributed by atoms with E-state index in [0.717, 1.165) is 28.9 Å². The van der Waals surface area contributed by atoms with Crippen LogP contribution in [0.5, 0.6) is 0 Å². The van der Waals surface area contributed by atoms with Crippen LogP contribution in [0.2, 0.25) is 0 Å². The smallest absolute Gasteiger partial charge is 0.265 e. The van der Waals surface area contributed by atoms with Gasteiger partial charge in [0.1, 0.15) is 0 Å². The van der Waals surface area contributed by atoms with Crippen LogP contribution in [0.15, 0.2) is 23.4 Å². The molecule has 0 heterocycles. The molecule has 0 radical (unpaired) electrons. The molecule has 1 amide bonds. The maximum Gasteiger partial charge on any atom is 0.265 e. The van der Waals surface area contributed by atoms with Crippen molar-refractivity contribution in [3.05, 3.63) is 29.3 Å². The van der Waals surface area contributed by atoms with Gasteiger partial charge >= 0.3 is 0 Å². The number of amides is 1. The van der Waals surface area contributed by atoms with Crippen LogP contribution in [0.25, 0.3) is 0 Å². The largest absolute Gasteiger partial charge is 0.386 e. The summed E-state index contributed by atoms with van der Waals surface area (Å²) in [6.07, 6.45) is 4.75. The lowest BCUT2D eigenvalue weighted by atomic mass is 9.68. The number of fused-ring (bicyclic) bond motifs is 2. The van der Waals surface area contributed by atoms with E-state index in [1.165, 1.54) is 19.3 Å². The molecule has 3 rings (SSSR count). The number of anilines is 1. The molecule has 1 aromatic carbocycles. The summed E-state index contributed by atoms with van der Waals surface area (Å²) < 4.78 is 0. The van der Waals surface area contributed by atoms with Crippen molar-refractivity contribution in [3.8, 4) is 0 Å². The number of rotatable bonds is 5. The maximum atomic E-state index is 12.2. The second-order valence-electron chi connectivity index (χ2n) is 8.41. The summed E-state index contributed by atoms with van der Waals surface area (Å²) >= 11 is 0. The van der Waals surface area contributed by atoms with Gasteiger partial charge in [0.15, 0.2) is 6.61 Å². The average Bonchev–Trinajstić information content (AvgIpc) is 3.01. The molecule has 0 aromatic heterocycles. The molecule has 1 N–H and O–H groups in total. The van der Waals surface area contributed by atoms with Gasteiger partial charge in [0.25, 0.3) is 5.91 Å². The Morgan fingerprint density at radius 2 is 1.96 bits per heavy atom. The molecule has 3 unspecified atom stereocenters. The second-order valence-corrected chi connectivity index (χ2v) is 8.41. The van der Waals surface area contributed by atoms with Crippen molar-refractivity contribution >= 4 is 17.3 Å². The highest BCUT2D eigenvalue weighted by Crippen LogP contribution is 2.61. The minimum Gasteiger partial charge on any atom is -0.386 e. The van der Waals surface area contributed by atoms with E-state index in [-0.39, 0.29) is 23.3 Å². The standard InChI is InChI=1S/C21H30N2O2/c1-6-21(5)16-7-8-20(4,12-16)19(21)23-25-13-18(24)22-17-10-14(2)9-15(3)11-17/h9-11,16H,6-8,12-13H2,1-5H3,(H,22,24)/b23-19+. The lowest BCUT2D eigenvalue weighted by molar-refractivity contribution is -0.120. The van der Waals surface area contributed by atoms with Gasteiger partial charge in [-0.1, -0.05) is 32.0 Å². The van der Waals surface area contributed by atoms with Crippen LogP contribution < -0.4 is 5.32 Å². The summed E-state index contributed by atoms with van der Waals surface area (Å²) in [7, 11) is 0. The molecule has 136 valence electrons. The number of carbonyl (C=O) groups excluding carboxylic acids is 1. The van der Waals surface area contributed by atoms with E-state index in [9.17, 15) is 4.79 Å². The van der Waals surface area contributed by atoms with Gasteiger partial charge in [-0.2, -0.15) is 0 Å². The molecular weight excluding hydrogens is 312 g/mol. The van der Waals surface area contributed by atoms with Crippen LogP contribution >= 0.6 is 0 Å². The highest BCUT2D eigenvalue weighted by molar-refractivity contribution is 5.98. The topological polar surface area (TPSA) is 50.7 Å². The predicted octanol–water partition coefficient (Wildman–Crippen LogP) is 4.85. The van der Waals surface area contributed by atoms with Crippen LogP contribution in [-0.2, 0) is 9.63 Å². The SMILES string of the molecule is CCC1(C)/C(=N/OCC(=O)Nc2cc(C)cc(C)c2)C2(C)CCC1C2. The number of hydrogen-bond donors (Lipinski definition) is 1. The Hall–Kier alpha value is -1.84. The van der Waals surface area contributed by atoms with Crippen LogP contribution in [-0.4, -0.2) is 18.2 Å². The summed E-state index contributed by atoms with van der Waals surface area (Å²) in [6.45, 7) is 10.8. The van der Waals surface area contributed by atoms with E-state index in [0.29, 0.717) is 5.92 Å². The fourth-order valence-electron chi connectivity index (χ4n) is 4.95. The van der Waals surface area contributed by atoms with Crippen molar-refractivity contribution < 1.29 is 9.63 Å². The molecule has 25 heavy (non-hydrogen) atoms. The molecule has 4 heteroatoms. The van der Waals surface area contributed by atoms with E-state index in [1.807, 2.05) is 26.0 Å². The number of carbonyl (C=O) groups is 1. The Bertz CT molecular complexity index is 692. The molecule has 0 aliphatic heterocycles. The molecule has 3 atom stereocenters. The first-order chi connectivity index (χ1) is 11.8. The Labute approximate surface area is 151 Å². The van der Waals surface area contributed by atoms with E-state index in [2.05, 4.69) is 37.3 Å². The van der Waals surface area contributed by atoms with Crippen molar-refractivity contribution in [1.29, 1.82) is 0 Å². The molecule has 0 spiro atoms. The molecular formula is C21H30N2O2. The van der Waals surface area contributed by atoms with Crippen LogP contribution in [0, 0.1) is 30.6 Å². The highest BCUT2D eigenvalue weighted by Gasteiger charge is 2.59. The van der Waals surface area contributed by atoms with Crippen LogP contribution in [0.4, 0.5) is 5.69 Å². The number of nitrogens with zero attached hydrogens (tertiary/aromatic N) is 1. The Kier molecular flexibility index (Phi) is 4.65. The Balaban J connectivity index is 1.63. The summed E-state index contributed by atoms with van der Waals surface area (Å²) in [5.41, 5.74) is 4.51. The first-order valence-corrected chi connectivity index (χ1v) is 9.36. The van der Waals surface area contributed by atoms with E-state index >= 15 is 0 Å². The molecule has 2 aliphatic rings. The molecule has 2 aliphatic carbocycles. The molecule has 2 saturated carbocycles. The van der Waals surface area contributed by atoms with E-state index in [1.54, 1.807) is 0 Å². The predicted molar refractivity (Wildman–Crippen MR) is 102 cm³/mol. The highest BCUT2D eigenvalue weighted by atomic mass is 16.6. The normalized spacial score (nSPS) is 32.2. The first-order valence-electron chi connectivity index (χ1n) is 9.36. The molecule has 1 aromatic rings. The fourth-order valence-corrected chi connectivity index (χ4v) is 4.95. The summed E-state index contributed by atoms with van der Waals surface area (Å²) in [6, 6.07) is 6.00. The van der Waals surface area contributed by atoms with Gasteiger partial charge in [-0.3, -0.25) is 4.79 Å². The Morgan fingerprint density at radius 1 is 1.28 bits per heavy atom. The summed E-state index contributed by atoms with van der Waals surface area (Å²) in [5, 5.41) is 7.37. The number of nitrogens with one attached hydrogen (secondary N) is 1. The van der Waals surface area contributed by atoms with Gasteiger partial charge in [-0.15, -0.1) is 0 Å². The van der Waals surface area contributed by atoms with Crippen molar-refractivity contribution in [3.63, 3.8) is 0 Å². The van der Waals surface area contributed by atoms with Crippen molar-refractivity contribution in [2.24, 2.45) is 21.9 Å². The Morgan fingerprint density at radius 3 is 2.60 bits per heavy atom. The zero-order valence-electron chi connectivity index (χ0n) is 16.1. The minimum atomic E-state index is -0.166. The lowest BCUT2D eigenvalue weighted by Crippen LogP contribution is -2.38. The van der Waals surface area contributed by atoms with E-state index in [4.69, 9.17) is 4.84 Å². The quantitative estimate of drug-likeness (QED) is 0.778. The monoisotopic (exact) mass is 342 g/mol. The van der Waals surface area contributed by atoms with Crippen LogP contribution in [0.1, 0.15) is 57.6 Å². The zero-order valence-corrected chi connectivity index (χ0v) is 16.1. The molecule has 2 bridgehead atoms. The van der Waals surface area contributed by atoms with E-state index < -0.39 is 0 Å². The van der Waals surface area contributed by atoms with Crippen molar-refractivity contribution in [1.82, 2.24) is 0 Å². The third-order valence-electron chi connectivity index (χ3n) is 6.35. The summed E-state index contributed by atoms with van der Waals surface area (Å²) in [4.78, 5) is 17.7. The third kappa shape index (κ3) is 3.31. The van der Waals surface area contributed by atoms with Gasteiger partial charge in [0.2, 0.25) is 0 Å². The van der Waals surface area contributed by atoms with Gasteiger partial charge in [0.05, 0.1) is 5.71 Å². The minimum absolute atomic E-state index is 0.0446. The maximum absolute atomic E-state index is 12.2. The van der Waals surface area contributed by atoms with Gasteiger partial charge < -0.3 is 10.2 Å². The lowest BCUT2D eigenvalue weighted by Gasteiger charge is -2.36. The second kappa shape index (κ2) is 6.47. The number of oxime groups is 1. The third-order valence-corrected chi connectivity index (χ3v) is 6.35. The summed E-state index contributed by atoms with van der Waals surface area (Å²) in [5.74, 6) is 0.537. The number of benzene rings is 1. The first kappa shape index (κ1) is 18.0. The zero-order chi connectivity index (χ0) is 18.2. The molecule has 2 fully saturated rings. The molecule has 4 nitrogen and oxygen atoms in total. The van der Waals surface area contributed by atoms with Crippen molar-refractivity contribution in [2.45, 2.75) is 60.3 Å². The van der Waals surface area contributed by atoms with Gasteiger partial charge in [-0.05, 0) is 68.7 Å². The molecule has 0 saturated heterocycles. The fraction of sp³-hybridized carbons (Fsp3) is 0.619. The van der Waals surface area contributed by atoms with Gasteiger partial charge in [0, 0.05) is 16.5 Å². The number of aryl methyl sites for hydroxylation is 2.